The van der Waals surface area contributed by atoms with Crippen molar-refractivity contribution in [1.29, 1.82) is 0 Å². The fourth-order valence-electron chi connectivity index (χ4n) is 4.80. The molecule has 194 valence electrons. The lowest BCUT2D eigenvalue weighted by Gasteiger charge is -2.33. The van der Waals surface area contributed by atoms with Gasteiger partial charge in [-0.15, -0.1) is 0 Å². The number of benzene rings is 2. The third-order valence-electron chi connectivity index (χ3n) is 6.50. The molecule has 0 spiro atoms. The largest absolute Gasteiger partial charge is 0.395 e. The van der Waals surface area contributed by atoms with E-state index in [2.05, 4.69) is 9.69 Å². The Morgan fingerprint density at radius 1 is 1.05 bits per heavy atom. The van der Waals surface area contributed by atoms with Gasteiger partial charge in [0.15, 0.2) is 5.69 Å². The first kappa shape index (κ1) is 26.3. The van der Waals surface area contributed by atoms with Crippen LogP contribution in [0, 0.1) is 19.7 Å². The molecule has 0 saturated heterocycles. The number of primary amides is 1. The molecule has 5 N–H and O–H groups in total. The second kappa shape index (κ2) is 11.1. The number of anilines is 2. The van der Waals surface area contributed by atoms with E-state index in [4.69, 9.17) is 11.5 Å². The van der Waals surface area contributed by atoms with Gasteiger partial charge in [0.1, 0.15) is 16.7 Å². The topological polar surface area (TPSA) is 131 Å². The highest BCUT2D eigenvalue weighted by Gasteiger charge is 2.37. The van der Waals surface area contributed by atoms with E-state index in [1.165, 1.54) is 29.2 Å². The predicted molar refractivity (Wildman–Crippen MR) is 142 cm³/mol. The highest BCUT2D eigenvalue weighted by molar-refractivity contribution is 7.09. The third kappa shape index (κ3) is 5.80. The first-order chi connectivity index (χ1) is 17.7. The second-order valence-corrected chi connectivity index (χ2v) is 10.2. The van der Waals surface area contributed by atoms with Crippen LogP contribution in [0.25, 0.3) is 0 Å². The van der Waals surface area contributed by atoms with Gasteiger partial charge >= 0.3 is 0 Å². The highest BCUT2D eigenvalue weighted by Crippen LogP contribution is 2.34. The zero-order valence-corrected chi connectivity index (χ0v) is 21.6. The summed E-state index contributed by atoms with van der Waals surface area (Å²) in [6.45, 7) is 3.78. The number of hydrogen-bond donors (Lipinski definition) is 3. The lowest BCUT2D eigenvalue weighted by Crippen LogP contribution is -2.47. The van der Waals surface area contributed by atoms with Gasteiger partial charge in [-0.25, -0.2) is 4.39 Å². The van der Waals surface area contributed by atoms with Gasteiger partial charge in [-0.1, -0.05) is 37.5 Å². The minimum atomic E-state index is -1.13. The molecule has 2 aromatic carbocycles. The molecule has 10 heteroatoms. The molecule has 37 heavy (non-hydrogen) atoms. The van der Waals surface area contributed by atoms with E-state index in [-0.39, 0.29) is 28.2 Å². The number of nitrogens with one attached hydrogen (secondary N) is 1. The van der Waals surface area contributed by atoms with Gasteiger partial charge in [-0.3, -0.25) is 19.3 Å². The van der Waals surface area contributed by atoms with Crippen LogP contribution in [0.2, 0.25) is 0 Å². The molecule has 1 saturated carbocycles. The first-order valence-corrected chi connectivity index (χ1v) is 13.0. The van der Waals surface area contributed by atoms with Crippen molar-refractivity contribution in [2.75, 3.05) is 10.6 Å². The van der Waals surface area contributed by atoms with E-state index in [9.17, 15) is 18.8 Å². The minimum Gasteiger partial charge on any atom is -0.395 e. The molecule has 1 fully saturated rings. The maximum atomic E-state index is 14.1. The van der Waals surface area contributed by atoms with Crippen molar-refractivity contribution in [3.05, 3.63) is 75.5 Å². The van der Waals surface area contributed by atoms with E-state index in [0.29, 0.717) is 11.3 Å². The van der Waals surface area contributed by atoms with Crippen molar-refractivity contribution < 1.29 is 18.8 Å². The molecule has 0 radical (unpaired) electrons. The van der Waals surface area contributed by atoms with E-state index >= 15 is 0 Å². The molecule has 8 nitrogen and oxygen atoms in total. The minimum absolute atomic E-state index is 0.00876. The van der Waals surface area contributed by atoms with Crippen LogP contribution in [0.5, 0.6) is 0 Å². The van der Waals surface area contributed by atoms with Crippen molar-refractivity contribution in [2.45, 2.75) is 58.0 Å². The zero-order chi connectivity index (χ0) is 26.7. The Morgan fingerprint density at radius 2 is 1.68 bits per heavy atom. The summed E-state index contributed by atoms with van der Waals surface area (Å²) in [5, 5.41) is 3.11. The molecule has 0 bridgehead atoms. The lowest BCUT2D eigenvalue weighted by atomic mass is 9.94. The standard InChI is InChI=1S/C27H30FN5O3S/c1-15-12-16(2)14-20(13-15)33(27(36)24-21(29)22(25(30)34)32-37-24)23(17-8-10-18(28)11-9-17)26(35)31-19-6-4-3-5-7-19/h8-14,19,23H,3-7,29H2,1-2H3,(H2,30,34)(H,31,35). The molecule has 3 amide bonds. The maximum Gasteiger partial charge on any atom is 0.273 e. The fourth-order valence-corrected chi connectivity index (χ4v) is 5.54. The van der Waals surface area contributed by atoms with E-state index in [1.54, 1.807) is 12.1 Å². The molecule has 3 aromatic rings. The van der Waals surface area contributed by atoms with Crippen LogP contribution < -0.4 is 21.7 Å². The molecule has 1 unspecified atom stereocenters. The summed E-state index contributed by atoms with van der Waals surface area (Å²) in [5.74, 6) is -2.31. The second-order valence-electron chi connectivity index (χ2n) is 9.46. The van der Waals surface area contributed by atoms with Crippen LogP contribution >= 0.6 is 11.5 Å². The number of nitrogens with zero attached hydrogens (tertiary/aromatic N) is 2. The van der Waals surface area contributed by atoms with Gasteiger partial charge in [-0.05, 0) is 79.2 Å². The van der Waals surface area contributed by atoms with E-state index in [0.717, 1.165) is 54.8 Å². The lowest BCUT2D eigenvalue weighted by molar-refractivity contribution is -0.123. The average Bonchev–Trinajstić information content (AvgIpc) is 3.24. The summed E-state index contributed by atoms with van der Waals surface area (Å²) in [7, 11) is 0. The number of halogens is 1. The first-order valence-electron chi connectivity index (χ1n) is 12.2. The Kier molecular flexibility index (Phi) is 7.87. The molecule has 1 aromatic heterocycles. The van der Waals surface area contributed by atoms with Crippen molar-refractivity contribution >= 4 is 40.6 Å². The molecule has 1 heterocycles. The van der Waals surface area contributed by atoms with Crippen LogP contribution in [0.3, 0.4) is 0 Å². The van der Waals surface area contributed by atoms with Gasteiger partial charge < -0.3 is 16.8 Å². The highest BCUT2D eigenvalue weighted by atomic mass is 32.1. The normalized spacial score (nSPS) is 14.7. The van der Waals surface area contributed by atoms with Crippen molar-refractivity contribution in [3.63, 3.8) is 0 Å². The summed E-state index contributed by atoms with van der Waals surface area (Å²) in [4.78, 5) is 41.1. The van der Waals surface area contributed by atoms with Gasteiger partial charge in [0, 0.05) is 11.7 Å². The van der Waals surface area contributed by atoms with Crippen LogP contribution in [-0.2, 0) is 4.79 Å². The Hall–Kier alpha value is -3.79. The number of aryl methyl sites for hydroxylation is 2. The summed E-state index contributed by atoms with van der Waals surface area (Å²) < 4.78 is 17.8. The Bertz CT molecular complexity index is 1300. The number of hydrogen-bond acceptors (Lipinski definition) is 6. The Labute approximate surface area is 219 Å². The van der Waals surface area contributed by atoms with E-state index in [1.807, 2.05) is 19.9 Å². The van der Waals surface area contributed by atoms with Gasteiger partial charge in [0.2, 0.25) is 5.91 Å². The number of carbonyl (C=O) groups is 3. The van der Waals surface area contributed by atoms with Crippen LogP contribution in [0.4, 0.5) is 15.8 Å². The van der Waals surface area contributed by atoms with Gasteiger partial charge in [0.25, 0.3) is 11.8 Å². The summed E-state index contributed by atoms with van der Waals surface area (Å²) in [6.07, 6.45) is 4.85. The molecule has 1 aliphatic rings. The van der Waals surface area contributed by atoms with Crippen molar-refractivity contribution in [2.24, 2.45) is 5.73 Å². The third-order valence-corrected chi connectivity index (χ3v) is 7.35. The fraction of sp³-hybridized carbons (Fsp3) is 0.333. The van der Waals surface area contributed by atoms with Crippen molar-refractivity contribution in [3.8, 4) is 0 Å². The van der Waals surface area contributed by atoms with Crippen LogP contribution in [0.1, 0.15) is 75.0 Å². The number of carbonyl (C=O) groups excluding carboxylic acids is 3. The van der Waals surface area contributed by atoms with Gasteiger partial charge in [-0.2, -0.15) is 4.37 Å². The van der Waals surface area contributed by atoms with Crippen molar-refractivity contribution in [1.82, 2.24) is 9.69 Å². The molecule has 1 atom stereocenters. The molecular weight excluding hydrogens is 493 g/mol. The molecule has 1 aliphatic carbocycles. The number of nitrogens with two attached hydrogens (primary N) is 2. The van der Waals surface area contributed by atoms with Crippen LogP contribution in [-0.4, -0.2) is 28.1 Å². The average molecular weight is 524 g/mol. The number of amides is 3. The van der Waals surface area contributed by atoms with E-state index < -0.39 is 23.7 Å². The number of rotatable bonds is 7. The molecule has 4 rings (SSSR count). The summed E-state index contributed by atoms with van der Waals surface area (Å²) >= 11 is 0.748. The van der Waals surface area contributed by atoms with Gasteiger partial charge in [0.05, 0.1) is 5.69 Å². The quantitative estimate of drug-likeness (QED) is 0.422. The zero-order valence-electron chi connectivity index (χ0n) is 20.8. The summed E-state index contributed by atoms with van der Waals surface area (Å²) in [5.41, 5.74) is 13.8. The molecular formula is C27H30FN5O3S. The SMILES string of the molecule is Cc1cc(C)cc(N(C(=O)c2snc(C(N)=O)c2N)C(C(=O)NC2CCCCC2)c2ccc(F)cc2)c1. The Morgan fingerprint density at radius 3 is 2.24 bits per heavy atom. The molecule has 0 aliphatic heterocycles. The predicted octanol–water partition coefficient (Wildman–Crippen LogP) is 4.42. The maximum absolute atomic E-state index is 14.1. The number of nitrogen functional groups attached to an aromatic ring is 1. The number of aromatic nitrogens is 1. The van der Waals surface area contributed by atoms with Crippen LogP contribution in [0.15, 0.2) is 42.5 Å². The smallest absolute Gasteiger partial charge is 0.273 e. The summed E-state index contributed by atoms with van der Waals surface area (Å²) in [6, 6.07) is 9.89. The Balaban J connectivity index is 1.87. The monoisotopic (exact) mass is 523 g/mol.